The van der Waals surface area contributed by atoms with E-state index in [1.165, 1.54) is 12.1 Å². The normalized spacial score (nSPS) is 10.6. The van der Waals surface area contributed by atoms with Crippen LogP contribution in [0.25, 0.3) is 10.9 Å². The molecule has 1 aromatic heterocycles. The molecule has 0 saturated carbocycles. The predicted octanol–water partition coefficient (Wildman–Crippen LogP) is 3.93. The number of esters is 1. The zero-order chi connectivity index (χ0) is 18.5. The fraction of sp³-hybridized carbons (Fsp3) is 0.200. The Bertz CT molecular complexity index is 942. The predicted molar refractivity (Wildman–Crippen MR) is 95.2 cm³/mol. The molecule has 0 fully saturated rings. The van der Waals surface area contributed by atoms with Gasteiger partial charge >= 0.3 is 5.97 Å². The lowest BCUT2D eigenvalue weighted by atomic mass is 10.1. The second-order valence-electron chi connectivity index (χ2n) is 5.59. The van der Waals surface area contributed by atoms with Crippen molar-refractivity contribution in [1.82, 2.24) is 4.98 Å². The Kier molecular flexibility index (Phi) is 5.31. The van der Waals surface area contributed by atoms with E-state index >= 15 is 0 Å². The number of hydrogen-bond acceptors (Lipinski definition) is 5. The van der Waals surface area contributed by atoms with Gasteiger partial charge in [0, 0.05) is 11.5 Å². The summed E-state index contributed by atoms with van der Waals surface area (Å²) in [5.41, 5.74) is 1.68. The molecule has 0 N–H and O–H groups in total. The first-order chi connectivity index (χ1) is 12.6. The number of aryl methyl sites for hydroxylation is 1. The number of carbonyl (C=O) groups excluding carboxylic acids is 1. The summed E-state index contributed by atoms with van der Waals surface area (Å²) in [7, 11) is 1.59. The Morgan fingerprint density at radius 3 is 2.69 bits per heavy atom. The van der Waals surface area contributed by atoms with Crippen molar-refractivity contribution >= 4 is 16.9 Å². The molecule has 0 unspecified atom stereocenters. The summed E-state index contributed by atoms with van der Waals surface area (Å²) < 4.78 is 29.1. The standard InChI is InChI=1S/C20H18FNO4/c1-13-16(11-14-7-8-15(24-2)12-18(14)22-13)20(23)26-10-9-25-19-6-4-3-5-17(19)21/h3-8,11-12H,9-10H2,1-2H3. The van der Waals surface area contributed by atoms with Gasteiger partial charge < -0.3 is 14.2 Å². The molecule has 0 atom stereocenters. The minimum Gasteiger partial charge on any atom is -0.497 e. The Hall–Kier alpha value is -3.15. The van der Waals surface area contributed by atoms with Crippen LogP contribution >= 0.6 is 0 Å². The van der Waals surface area contributed by atoms with Crippen LogP contribution in [-0.4, -0.2) is 31.3 Å². The summed E-state index contributed by atoms with van der Waals surface area (Å²) in [4.78, 5) is 16.7. The maximum absolute atomic E-state index is 13.4. The first-order valence-corrected chi connectivity index (χ1v) is 8.08. The minimum atomic E-state index is -0.496. The molecule has 3 aromatic rings. The van der Waals surface area contributed by atoms with E-state index in [1.807, 2.05) is 6.07 Å². The maximum Gasteiger partial charge on any atom is 0.340 e. The van der Waals surface area contributed by atoms with Crippen molar-refractivity contribution in [2.75, 3.05) is 20.3 Å². The van der Waals surface area contributed by atoms with Gasteiger partial charge in [-0.3, -0.25) is 4.98 Å². The molecule has 3 rings (SSSR count). The van der Waals surface area contributed by atoms with Gasteiger partial charge in [0.1, 0.15) is 19.0 Å². The number of fused-ring (bicyclic) bond motifs is 1. The summed E-state index contributed by atoms with van der Waals surface area (Å²) in [6.45, 7) is 1.81. The van der Waals surface area contributed by atoms with Crippen LogP contribution in [0, 0.1) is 12.7 Å². The number of para-hydroxylation sites is 1. The van der Waals surface area contributed by atoms with Gasteiger partial charge in [-0.05, 0) is 37.3 Å². The molecule has 5 nitrogen and oxygen atoms in total. The molecule has 0 radical (unpaired) electrons. The van der Waals surface area contributed by atoms with Gasteiger partial charge in [-0.2, -0.15) is 0 Å². The Labute approximate surface area is 150 Å². The van der Waals surface area contributed by atoms with Crippen LogP contribution in [-0.2, 0) is 4.74 Å². The quantitative estimate of drug-likeness (QED) is 0.495. The van der Waals surface area contributed by atoms with Gasteiger partial charge in [-0.15, -0.1) is 0 Å². The smallest absolute Gasteiger partial charge is 0.340 e. The lowest BCUT2D eigenvalue weighted by Crippen LogP contribution is -2.14. The number of pyridine rings is 1. The molecule has 1 heterocycles. The van der Waals surface area contributed by atoms with Gasteiger partial charge in [0.25, 0.3) is 0 Å². The highest BCUT2D eigenvalue weighted by molar-refractivity contribution is 5.95. The fourth-order valence-electron chi connectivity index (χ4n) is 2.50. The van der Waals surface area contributed by atoms with E-state index < -0.39 is 11.8 Å². The van der Waals surface area contributed by atoms with Crippen LogP contribution in [0.5, 0.6) is 11.5 Å². The number of halogens is 1. The Balaban J connectivity index is 1.64. The molecule has 0 amide bonds. The Morgan fingerprint density at radius 2 is 1.92 bits per heavy atom. The molecular formula is C20H18FNO4. The first kappa shape index (κ1) is 17.7. The van der Waals surface area contributed by atoms with E-state index in [0.717, 1.165) is 10.9 Å². The van der Waals surface area contributed by atoms with Crippen LogP contribution in [0.3, 0.4) is 0 Å². The van der Waals surface area contributed by atoms with Crippen LogP contribution < -0.4 is 9.47 Å². The summed E-state index contributed by atoms with van der Waals surface area (Å²) >= 11 is 0. The molecule has 0 aliphatic rings. The van der Waals surface area contributed by atoms with Crippen LogP contribution in [0.4, 0.5) is 4.39 Å². The third-order valence-electron chi connectivity index (χ3n) is 3.85. The second kappa shape index (κ2) is 7.82. The number of rotatable bonds is 6. The second-order valence-corrected chi connectivity index (χ2v) is 5.59. The van der Waals surface area contributed by atoms with Crippen LogP contribution in [0.2, 0.25) is 0 Å². The molecule has 134 valence electrons. The van der Waals surface area contributed by atoms with Crippen molar-refractivity contribution in [3.8, 4) is 11.5 Å². The molecule has 26 heavy (non-hydrogen) atoms. The molecule has 0 bridgehead atoms. The zero-order valence-corrected chi connectivity index (χ0v) is 14.5. The third-order valence-corrected chi connectivity index (χ3v) is 3.85. The summed E-state index contributed by atoms with van der Waals surface area (Å²) in [5.74, 6) is -0.125. The fourth-order valence-corrected chi connectivity index (χ4v) is 2.50. The average Bonchev–Trinajstić information content (AvgIpc) is 2.65. The number of nitrogens with zero attached hydrogens (tertiary/aromatic N) is 1. The molecule has 0 saturated heterocycles. The number of methoxy groups -OCH3 is 1. The number of hydrogen-bond donors (Lipinski definition) is 0. The lowest BCUT2D eigenvalue weighted by Gasteiger charge is -2.10. The molecule has 2 aromatic carbocycles. The average molecular weight is 355 g/mol. The van der Waals surface area contributed by atoms with E-state index in [2.05, 4.69) is 4.98 Å². The summed E-state index contributed by atoms with van der Waals surface area (Å²) in [6.07, 6.45) is 0. The number of aromatic nitrogens is 1. The highest BCUT2D eigenvalue weighted by Crippen LogP contribution is 2.22. The topological polar surface area (TPSA) is 57.7 Å². The van der Waals surface area contributed by atoms with Crippen molar-refractivity contribution in [1.29, 1.82) is 0 Å². The molecular weight excluding hydrogens is 337 g/mol. The first-order valence-electron chi connectivity index (χ1n) is 8.08. The Morgan fingerprint density at radius 1 is 1.12 bits per heavy atom. The number of benzene rings is 2. The number of ether oxygens (including phenoxy) is 3. The van der Waals surface area contributed by atoms with Gasteiger partial charge in [0.2, 0.25) is 0 Å². The summed E-state index contributed by atoms with van der Waals surface area (Å²) in [6, 6.07) is 13.2. The molecule has 0 aliphatic heterocycles. The van der Waals surface area contributed by atoms with Gasteiger partial charge in [-0.25, -0.2) is 9.18 Å². The van der Waals surface area contributed by atoms with Crippen LogP contribution in [0.1, 0.15) is 16.1 Å². The van der Waals surface area contributed by atoms with E-state index in [9.17, 15) is 9.18 Å². The largest absolute Gasteiger partial charge is 0.497 e. The monoisotopic (exact) mass is 355 g/mol. The van der Waals surface area contributed by atoms with Crippen molar-refractivity contribution < 1.29 is 23.4 Å². The SMILES string of the molecule is COc1ccc2cc(C(=O)OCCOc3ccccc3F)c(C)nc2c1. The van der Waals surface area contributed by atoms with E-state index in [0.29, 0.717) is 17.0 Å². The molecule has 6 heteroatoms. The number of carbonyl (C=O) groups is 1. The summed E-state index contributed by atoms with van der Waals surface area (Å²) in [5, 5.41) is 0.811. The van der Waals surface area contributed by atoms with Gasteiger partial charge in [0.05, 0.1) is 23.9 Å². The molecule has 0 spiro atoms. The third kappa shape index (κ3) is 3.91. The van der Waals surface area contributed by atoms with Crippen molar-refractivity contribution in [2.24, 2.45) is 0 Å². The van der Waals surface area contributed by atoms with Crippen LogP contribution in [0.15, 0.2) is 48.5 Å². The van der Waals surface area contributed by atoms with Crippen molar-refractivity contribution in [3.63, 3.8) is 0 Å². The van der Waals surface area contributed by atoms with E-state index in [4.69, 9.17) is 14.2 Å². The molecule has 0 aliphatic carbocycles. The lowest BCUT2D eigenvalue weighted by molar-refractivity contribution is 0.0447. The highest BCUT2D eigenvalue weighted by atomic mass is 19.1. The maximum atomic E-state index is 13.4. The van der Waals surface area contributed by atoms with Crippen molar-refractivity contribution in [3.05, 3.63) is 65.6 Å². The van der Waals surface area contributed by atoms with E-state index in [1.54, 1.807) is 44.4 Å². The highest BCUT2D eigenvalue weighted by Gasteiger charge is 2.14. The minimum absolute atomic E-state index is 0.00720. The van der Waals surface area contributed by atoms with Gasteiger partial charge in [0.15, 0.2) is 11.6 Å². The zero-order valence-electron chi connectivity index (χ0n) is 14.5. The van der Waals surface area contributed by atoms with E-state index in [-0.39, 0.29) is 19.0 Å². The van der Waals surface area contributed by atoms with Gasteiger partial charge in [-0.1, -0.05) is 12.1 Å². The van der Waals surface area contributed by atoms with Crippen molar-refractivity contribution in [2.45, 2.75) is 6.92 Å².